The van der Waals surface area contributed by atoms with Gasteiger partial charge in [-0.3, -0.25) is 4.79 Å². The number of nitrogens with zero attached hydrogens (tertiary/aromatic N) is 1. The average molecular weight is 398 g/mol. The molecule has 150 valence electrons. The number of ether oxygens (including phenoxy) is 3. The number of likely N-dealkylation sites (tertiary alicyclic amines) is 1. The Morgan fingerprint density at radius 2 is 1.81 bits per heavy atom. The van der Waals surface area contributed by atoms with Crippen LogP contribution in [0.15, 0.2) is 17.0 Å². The number of benzene rings is 1. The number of piperidine rings is 1. The first-order chi connectivity index (χ1) is 12.8. The second-order valence-corrected chi connectivity index (χ2v) is 8.64. The molecule has 0 aliphatic carbocycles. The highest BCUT2D eigenvalue weighted by atomic mass is 32.2. The fourth-order valence-corrected chi connectivity index (χ4v) is 4.79. The molecule has 1 aromatic rings. The molecule has 1 N–H and O–H groups in total. The SMILES string of the molecule is COc1cc(C)c(S(=O)(=O)NCC(=O)N2CCC3(CC2)OCCO3)cc1C. The van der Waals surface area contributed by atoms with Crippen molar-refractivity contribution in [2.75, 3.05) is 40.0 Å². The highest BCUT2D eigenvalue weighted by Crippen LogP contribution is 2.31. The van der Waals surface area contributed by atoms with Gasteiger partial charge in [-0.25, -0.2) is 13.1 Å². The summed E-state index contributed by atoms with van der Waals surface area (Å²) < 4.78 is 44.2. The maximum absolute atomic E-state index is 12.6. The zero-order chi connectivity index (χ0) is 19.7. The van der Waals surface area contributed by atoms with Crippen molar-refractivity contribution in [2.24, 2.45) is 0 Å². The quantitative estimate of drug-likeness (QED) is 0.794. The maximum Gasteiger partial charge on any atom is 0.241 e. The van der Waals surface area contributed by atoms with Gasteiger partial charge in [-0.2, -0.15) is 0 Å². The van der Waals surface area contributed by atoms with Crippen molar-refractivity contribution in [2.45, 2.75) is 37.4 Å². The van der Waals surface area contributed by atoms with Crippen LogP contribution in [0.25, 0.3) is 0 Å². The Labute approximate surface area is 159 Å². The van der Waals surface area contributed by atoms with Gasteiger partial charge < -0.3 is 19.1 Å². The van der Waals surface area contributed by atoms with Crippen molar-refractivity contribution in [3.8, 4) is 5.75 Å². The van der Waals surface area contributed by atoms with Gasteiger partial charge in [0, 0.05) is 25.9 Å². The van der Waals surface area contributed by atoms with E-state index in [1.165, 1.54) is 7.11 Å². The molecule has 3 rings (SSSR count). The largest absolute Gasteiger partial charge is 0.496 e. The van der Waals surface area contributed by atoms with E-state index in [4.69, 9.17) is 14.2 Å². The number of amides is 1. The molecular weight excluding hydrogens is 372 g/mol. The molecular formula is C18H26N2O6S. The van der Waals surface area contributed by atoms with E-state index >= 15 is 0 Å². The molecule has 2 aliphatic rings. The van der Waals surface area contributed by atoms with Gasteiger partial charge in [0.15, 0.2) is 5.79 Å². The highest BCUT2D eigenvalue weighted by molar-refractivity contribution is 7.89. The first kappa shape index (κ1) is 20.1. The first-order valence-electron chi connectivity index (χ1n) is 8.97. The van der Waals surface area contributed by atoms with E-state index in [0.717, 1.165) is 0 Å². The zero-order valence-corrected chi connectivity index (χ0v) is 16.7. The number of hydrogen-bond donors (Lipinski definition) is 1. The van der Waals surface area contributed by atoms with Gasteiger partial charge in [0.1, 0.15) is 5.75 Å². The van der Waals surface area contributed by atoms with E-state index in [1.807, 2.05) is 0 Å². The molecule has 8 nitrogen and oxygen atoms in total. The summed E-state index contributed by atoms with van der Waals surface area (Å²) >= 11 is 0. The van der Waals surface area contributed by atoms with Crippen LogP contribution in [0.2, 0.25) is 0 Å². The predicted molar refractivity (Wildman–Crippen MR) is 98.1 cm³/mol. The third-order valence-corrected chi connectivity index (χ3v) is 6.63. The van der Waals surface area contributed by atoms with E-state index in [2.05, 4.69) is 4.72 Å². The maximum atomic E-state index is 12.6. The summed E-state index contributed by atoms with van der Waals surface area (Å²) in [6.45, 7) is 5.33. The summed E-state index contributed by atoms with van der Waals surface area (Å²) in [5.74, 6) is -0.191. The topological polar surface area (TPSA) is 94.2 Å². The number of nitrogens with one attached hydrogen (secondary N) is 1. The number of methoxy groups -OCH3 is 1. The summed E-state index contributed by atoms with van der Waals surface area (Å²) in [5, 5.41) is 0. The van der Waals surface area contributed by atoms with Crippen molar-refractivity contribution in [3.05, 3.63) is 23.3 Å². The van der Waals surface area contributed by atoms with Crippen LogP contribution in [0.5, 0.6) is 5.75 Å². The lowest BCUT2D eigenvalue weighted by molar-refractivity contribution is -0.187. The lowest BCUT2D eigenvalue weighted by atomic mass is 10.0. The lowest BCUT2D eigenvalue weighted by Gasteiger charge is -2.37. The Bertz CT molecular complexity index is 807. The van der Waals surface area contributed by atoms with Gasteiger partial charge in [-0.05, 0) is 37.1 Å². The fraction of sp³-hybridized carbons (Fsp3) is 0.611. The molecule has 27 heavy (non-hydrogen) atoms. The van der Waals surface area contributed by atoms with Crippen LogP contribution in [0, 0.1) is 13.8 Å². The smallest absolute Gasteiger partial charge is 0.241 e. The van der Waals surface area contributed by atoms with Crippen molar-refractivity contribution < 1.29 is 27.4 Å². The molecule has 0 bridgehead atoms. The fourth-order valence-electron chi connectivity index (χ4n) is 3.50. The third kappa shape index (κ3) is 4.26. The third-order valence-electron chi connectivity index (χ3n) is 5.09. The van der Waals surface area contributed by atoms with E-state index < -0.39 is 15.8 Å². The number of carbonyl (C=O) groups excluding carboxylic acids is 1. The van der Waals surface area contributed by atoms with E-state index in [0.29, 0.717) is 56.0 Å². The second kappa shape index (κ2) is 7.75. The molecule has 2 saturated heterocycles. The Morgan fingerprint density at radius 1 is 1.19 bits per heavy atom. The minimum atomic E-state index is -3.80. The summed E-state index contributed by atoms with van der Waals surface area (Å²) in [4.78, 5) is 14.2. The van der Waals surface area contributed by atoms with Gasteiger partial charge in [-0.15, -0.1) is 0 Å². The van der Waals surface area contributed by atoms with Gasteiger partial charge in [0.25, 0.3) is 0 Å². The molecule has 1 aromatic carbocycles. The Kier molecular flexibility index (Phi) is 5.76. The average Bonchev–Trinajstić information content (AvgIpc) is 3.10. The van der Waals surface area contributed by atoms with Crippen molar-refractivity contribution in [1.29, 1.82) is 0 Å². The molecule has 0 unspecified atom stereocenters. The van der Waals surface area contributed by atoms with Crippen LogP contribution in [0.3, 0.4) is 0 Å². The Balaban J connectivity index is 1.60. The number of rotatable bonds is 5. The molecule has 2 aliphatic heterocycles. The van der Waals surface area contributed by atoms with E-state index in [-0.39, 0.29) is 17.3 Å². The van der Waals surface area contributed by atoms with Crippen molar-refractivity contribution >= 4 is 15.9 Å². The van der Waals surface area contributed by atoms with Crippen molar-refractivity contribution in [3.63, 3.8) is 0 Å². The minimum absolute atomic E-state index is 0.152. The van der Waals surface area contributed by atoms with Crippen LogP contribution >= 0.6 is 0 Å². The summed E-state index contributed by atoms with van der Waals surface area (Å²) in [6.07, 6.45) is 1.20. The van der Waals surface area contributed by atoms with Crippen LogP contribution < -0.4 is 9.46 Å². The van der Waals surface area contributed by atoms with Crippen LogP contribution in [-0.4, -0.2) is 65.0 Å². The molecule has 2 fully saturated rings. The predicted octanol–water partition coefficient (Wildman–Crippen LogP) is 0.956. The molecule has 2 heterocycles. The summed E-state index contributed by atoms with van der Waals surface area (Å²) in [5.41, 5.74) is 1.28. The van der Waals surface area contributed by atoms with Gasteiger partial charge in [0.2, 0.25) is 15.9 Å². The number of carbonyl (C=O) groups is 1. The Hall–Kier alpha value is -1.68. The molecule has 9 heteroatoms. The van der Waals surface area contributed by atoms with Gasteiger partial charge >= 0.3 is 0 Å². The standard InChI is InChI=1S/C18H26N2O6S/c1-13-11-16(14(2)10-15(13)24-3)27(22,23)19-12-17(21)20-6-4-18(5-7-20)25-8-9-26-18/h10-11,19H,4-9,12H2,1-3H3. The van der Waals surface area contributed by atoms with Gasteiger partial charge in [-0.1, -0.05) is 0 Å². The first-order valence-corrected chi connectivity index (χ1v) is 10.5. The molecule has 0 radical (unpaired) electrons. The number of hydrogen-bond acceptors (Lipinski definition) is 6. The van der Waals surface area contributed by atoms with Crippen LogP contribution in [0.1, 0.15) is 24.0 Å². The van der Waals surface area contributed by atoms with Crippen LogP contribution in [-0.2, 0) is 24.3 Å². The lowest BCUT2D eigenvalue weighted by Crippen LogP contribution is -2.49. The molecule has 0 atom stereocenters. The molecule has 0 aromatic heterocycles. The molecule has 1 spiro atoms. The zero-order valence-electron chi connectivity index (χ0n) is 15.9. The second-order valence-electron chi connectivity index (χ2n) is 6.90. The van der Waals surface area contributed by atoms with Crippen molar-refractivity contribution in [1.82, 2.24) is 9.62 Å². The number of aryl methyl sites for hydroxylation is 2. The summed E-state index contributed by atoms with van der Waals surface area (Å²) in [7, 11) is -2.26. The summed E-state index contributed by atoms with van der Waals surface area (Å²) in [6, 6.07) is 3.23. The van der Waals surface area contributed by atoms with E-state index in [9.17, 15) is 13.2 Å². The Morgan fingerprint density at radius 3 is 2.41 bits per heavy atom. The normalized spacial score (nSPS) is 19.4. The van der Waals surface area contributed by atoms with E-state index in [1.54, 1.807) is 30.9 Å². The minimum Gasteiger partial charge on any atom is -0.496 e. The highest BCUT2D eigenvalue weighted by Gasteiger charge is 2.40. The molecule has 0 saturated carbocycles. The molecule has 1 amide bonds. The van der Waals surface area contributed by atoms with Crippen LogP contribution in [0.4, 0.5) is 0 Å². The monoisotopic (exact) mass is 398 g/mol. The number of sulfonamides is 1. The van der Waals surface area contributed by atoms with Gasteiger partial charge in [0.05, 0.1) is 31.8 Å².